The van der Waals surface area contributed by atoms with Crippen LogP contribution in [-0.2, 0) is 6.54 Å². The Morgan fingerprint density at radius 3 is 2.79 bits per heavy atom. The number of piperidine rings is 1. The number of oxazole rings is 1. The summed E-state index contributed by atoms with van der Waals surface area (Å²) in [6.45, 7) is 2.96. The highest BCUT2D eigenvalue weighted by Gasteiger charge is 2.25. The summed E-state index contributed by atoms with van der Waals surface area (Å²) in [5.41, 5.74) is 4.08. The maximum absolute atomic E-state index is 5.98. The monoisotopic (exact) mass is 405 g/mol. The number of likely N-dealkylation sites (tertiary alicyclic amines) is 1. The second-order valence-electron chi connectivity index (χ2n) is 7.45. The maximum Gasteiger partial charge on any atom is 0.198 e. The Morgan fingerprint density at radius 1 is 1.10 bits per heavy atom. The van der Waals surface area contributed by atoms with E-state index < -0.39 is 0 Å². The van der Waals surface area contributed by atoms with Crippen LogP contribution in [0.25, 0.3) is 21.7 Å². The van der Waals surface area contributed by atoms with E-state index in [0.29, 0.717) is 5.92 Å². The van der Waals surface area contributed by atoms with E-state index in [4.69, 9.17) is 19.1 Å². The summed E-state index contributed by atoms with van der Waals surface area (Å²) in [6.07, 6.45) is 2.14. The number of ether oxygens (including phenoxy) is 1. The van der Waals surface area contributed by atoms with Crippen LogP contribution in [0.15, 0.2) is 58.3 Å². The lowest BCUT2D eigenvalue weighted by Gasteiger charge is -2.29. The van der Waals surface area contributed by atoms with Crippen molar-refractivity contribution in [2.45, 2.75) is 25.3 Å². The van der Waals surface area contributed by atoms with Crippen LogP contribution in [0, 0.1) is 0 Å². The van der Waals surface area contributed by atoms with Gasteiger partial charge in [-0.2, -0.15) is 0 Å². The third-order valence-corrected chi connectivity index (χ3v) is 6.44. The smallest absolute Gasteiger partial charge is 0.198 e. The van der Waals surface area contributed by atoms with Gasteiger partial charge in [0.25, 0.3) is 0 Å². The summed E-state index contributed by atoms with van der Waals surface area (Å²) in [7, 11) is 1.69. The van der Waals surface area contributed by atoms with Crippen molar-refractivity contribution in [2.75, 3.05) is 20.2 Å². The minimum absolute atomic E-state index is 0.404. The summed E-state index contributed by atoms with van der Waals surface area (Å²) in [5.74, 6) is 2.15. The molecule has 6 heteroatoms. The van der Waals surface area contributed by atoms with Gasteiger partial charge in [-0.3, -0.25) is 4.90 Å². The molecule has 0 radical (unpaired) electrons. The molecule has 0 bridgehead atoms. The van der Waals surface area contributed by atoms with E-state index >= 15 is 0 Å². The Kier molecular flexibility index (Phi) is 5.04. The first kappa shape index (κ1) is 18.3. The number of thiazole rings is 1. The highest BCUT2D eigenvalue weighted by molar-refractivity contribution is 7.13. The fourth-order valence-electron chi connectivity index (χ4n) is 3.90. The summed E-state index contributed by atoms with van der Waals surface area (Å²) < 4.78 is 11.3. The molecule has 1 aliphatic heterocycles. The number of hydrogen-bond donors (Lipinski definition) is 0. The third-order valence-electron chi connectivity index (χ3n) is 5.50. The van der Waals surface area contributed by atoms with E-state index in [1.807, 2.05) is 42.5 Å². The highest BCUT2D eigenvalue weighted by atomic mass is 32.1. The van der Waals surface area contributed by atoms with Gasteiger partial charge in [-0.1, -0.05) is 24.3 Å². The van der Waals surface area contributed by atoms with Crippen molar-refractivity contribution >= 4 is 22.4 Å². The molecule has 29 heavy (non-hydrogen) atoms. The maximum atomic E-state index is 5.98. The second kappa shape index (κ2) is 7.97. The van der Waals surface area contributed by atoms with Crippen molar-refractivity contribution in [3.05, 3.63) is 65.5 Å². The lowest BCUT2D eigenvalue weighted by molar-refractivity contribution is 0.192. The molecule has 0 amide bonds. The van der Waals surface area contributed by atoms with Crippen LogP contribution in [0.3, 0.4) is 0 Å². The molecule has 0 saturated carbocycles. The molecule has 0 atom stereocenters. The van der Waals surface area contributed by atoms with Crippen LogP contribution in [-0.4, -0.2) is 35.1 Å². The third kappa shape index (κ3) is 3.91. The van der Waals surface area contributed by atoms with Gasteiger partial charge in [-0.25, -0.2) is 9.97 Å². The Balaban J connectivity index is 1.21. The summed E-state index contributed by atoms with van der Waals surface area (Å²) >= 11 is 1.69. The largest absolute Gasteiger partial charge is 0.497 e. The number of methoxy groups -OCH3 is 1. The van der Waals surface area contributed by atoms with Crippen molar-refractivity contribution in [2.24, 2.45) is 0 Å². The van der Waals surface area contributed by atoms with Crippen LogP contribution in [0.1, 0.15) is 30.3 Å². The van der Waals surface area contributed by atoms with Gasteiger partial charge in [0.2, 0.25) is 0 Å². The predicted molar refractivity (Wildman–Crippen MR) is 115 cm³/mol. The number of fused-ring (bicyclic) bond motifs is 1. The van der Waals surface area contributed by atoms with E-state index in [-0.39, 0.29) is 0 Å². The molecule has 1 aliphatic rings. The first-order valence-electron chi connectivity index (χ1n) is 9.95. The lowest BCUT2D eigenvalue weighted by Crippen LogP contribution is -2.32. The Bertz CT molecular complexity index is 1080. The van der Waals surface area contributed by atoms with Gasteiger partial charge in [-0.15, -0.1) is 11.3 Å². The Labute approximate surface area is 174 Å². The topological polar surface area (TPSA) is 51.4 Å². The van der Waals surface area contributed by atoms with Gasteiger partial charge in [0.05, 0.1) is 12.8 Å². The van der Waals surface area contributed by atoms with Gasteiger partial charge in [0.1, 0.15) is 16.3 Å². The minimum atomic E-state index is 0.404. The number of benzene rings is 2. The lowest BCUT2D eigenvalue weighted by atomic mass is 9.97. The van der Waals surface area contributed by atoms with Gasteiger partial charge < -0.3 is 9.15 Å². The number of rotatable bonds is 5. The zero-order chi connectivity index (χ0) is 19.6. The summed E-state index contributed by atoms with van der Waals surface area (Å²) in [5, 5.41) is 3.21. The summed E-state index contributed by atoms with van der Waals surface area (Å²) in [4.78, 5) is 12.0. The molecule has 148 valence electrons. The first-order chi connectivity index (χ1) is 14.3. The average molecular weight is 406 g/mol. The quantitative estimate of drug-likeness (QED) is 0.449. The van der Waals surface area contributed by atoms with Gasteiger partial charge >= 0.3 is 0 Å². The van der Waals surface area contributed by atoms with Crippen molar-refractivity contribution in [3.8, 4) is 16.3 Å². The molecule has 0 spiro atoms. The first-order valence-corrected chi connectivity index (χ1v) is 10.8. The van der Waals surface area contributed by atoms with Crippen LogP contribution in [0.2, 0.25) is 0 Å². The highest BCUT2D eigenvalue weighted by Crippen LogP contribution is 2.31. The van der Waals surface area contributed by atoms with Crippen molar-refractivity contribution in [1.29, 1.82) is 0 Å². The van der Waals surface area contributed by atoms with Crippen molar-refractivity contribution in [3.63, 3.8) is 0 Å². The average Bonchev–Trinajstić information content (AvgIpc) is 3.41. The van der Waals surface area contributed by atoms with E-state index in [0.717, 1.165) is 71.5 Å². The molecular weight excluding hydrogens is 382 g/mol. The molecule has 1 fully saturated rings. The summed E-state index contributed by atoms with van der Waals surface area (Å²) in [6, 6.07) is 16.1. The Morgan fingerprint density at radius 2 is 1.97 bits per heavy atom. The predicted octanol–water partition coefficient (Wildman–Crippen LogP) is 5.34. The van der Waals surface area contributed by atoms with E-state index in [2.05, 4.69) is 16.3 Å². The molecule has 2 aromatic carbocycles. The van der Waals surface area contributed by atoms with Gasteiger partial charge in [0, 0.05) is 23.4 Å². The number of nitrogens with zero attached hydrogens (tertiary/aromatic N) is 3. The van der Waals surface area contributed by atoms with Crippen LogP contribution in [0.4, 0.5) is 0 Å². The van der Waals surface area contributed by atoms with E-state index in [9.17, 15) is 0 Å². The Hall–Kier alpha value is -2.70. The van der Waals surface area contributed by atoms with Crippen LogP contribution < -0.4 is 4.74 Å². The van der Waals surface area contributed by atoms with Crippen molar-refractivity contribution < 1.29 is 9.15 Å². The second-order valence-corrected chi connectivity index (χ2v) is 8.30. The molecule has 1 saturated heterocycles. The van der Waals surface area contributed by atoms with E-state index in [1.165, 1.54) is 0 Å². The van der Waals surface area contributed by atoms with Crippen molar-refractivity contribution in [1.82, 2.24) is 14.9 Å². The zero-order valence-electron chi connectivity index (χ0n) is 16.4. The van der Waals surface area contributed by atoms with Gasteiger partial charge in [-0.05, 0) is 50.2 Å². The molecule has 3 heterocycles. The molecule has 4 aromatic rings. The zero-order valence-corrected chi connectivity index (χ0v) is 17.2. The number of aromatic nitrogens is 2. The molecular formula is C23H23N3O2S. The minimum Gasteiger partial charge on any atom is -0.497 e. The molecule has 0 N–H and O–H groups in total. The fraction of sp³-hybridized carbons (Fsp3) is 0.304. The van der Waals surface area contributed by atoms with Crippen LogP contribution in [0.5, 0.6) is 5.75 Å². The number of hydrogen-bond acceptors (Lipinski definition) is 6. The number of para-hydroxylation sites is 2. The normalized spacial score (nSPS) is 15.8. The standard InChI is InChI=1S/C23H23N3O2S/c1-27-19-6-4-5-17(13-19)23-24-18(15-29-23)14-26-11-9-16(10-12-26)22-25-20-7-2-3-8-21(20)28-22/h2-8,13,15-16H,9-12,14H2,1H3. The van der Waals surface area contributed by atoms with E-state index in [1.54, 1.807) is 18.4 Å². The molecule has 0 aliphatic carbocycles. The molecule has 5 rings (SSSR count). The molecule has 0 unspecified atom stereocenters. The van der Waals surface area contributed by atoms with Gasteiger partial charge in [0.15, 0.2) is 11.5 Å². The molecule has 2 aromatic heterocycles. The van der Waals surface area contributed by atoms with Crippen LogP contribution >= 0.6 is 11.3 Å². The SMILES string of the molecule is COc1cccc(-c2nc(CN3CCC(c4nc5ccccc5o4)CC3)cs2)c1. The fourth-order valence-corrected chi connectivity index (χ4v) is 4.71. The molecule has 5 nitrogen and oxygen atoms in total.